The van der Waals surface area contributed by atoms with Crippen LogP contribution in [0.15, 0.2) is 58.9 Å². The molecule has 0 spiro atoms. The van der Waals surface area contributed by atoms with Gasteiger partial charge in [-0.15, -0.1) is 0 Å². The predicted molar refractivity (Wildman–Crippen MR) is 150 cm³/mol. The van der Waals surface area contributed by atoms with Crippen molar-refractivity contribution in [3.8, 4) is 23.0 Å². The number of aromatic hydroxyl groups is 1. The van der Waals surface area contributed by atoms with Crippen molar-refractivity contribution in [2.45, 2.75) is 70.3 Å². The second-order valence-electron chi connectivity index (χ2n) is 10.6. The number of allylic oxidation sites excluding steroid dienone is 3. The molecule has 2 aliphatic carbocycles. The van der Waals surface area contributed by atoms with Gasteiger partial charge in [-0.05, 0) is 87.3 Å². The molecule has 2 N–H and O–H groups in total. The number of hydrogen-bond donors (Lipinski definition) is 2. The van der Waals surface area contributed by atoms with Crippen molar-refractivity contribution in [2.75, 3.05) is 20.8 Å². The molecule has 2 aromatic rings. The molecule has 2 atom stereocenters. The summed E-state index contributed by atoms with van der Waals surface area (Å²) in [6.07, 6.45) is 4.54. The Kier molecular flexibility index (Phi) is 8.05. The van der Waals surface area contributed by atoms with Crippen LogP contribution >= 0.6 is 0 Å². The molecule has 3 aliphatic rings. The zero-order chi connectivity index (χ0) is 28.4. The lowest BCUT2D eigenvalue weighted by molar-refractivity contribution is -0.144. The summed E-state index contributed by atoms with van der Waals surface area (Å²) in [6.45, 7) is 4.07. The number of rotatable bonds is 8. The number of phenols is 1. The van der Waals surface area contributed by atoms with Crippen molar-refractivity contribution in [3.05, 3.63) is 70.1 Å². The van der Waals surface area contributed by atoms with Crippen LogP contribution in [0.3, 0.4) is 0 Å². The Balaban J connectivity index is 1.56. The Hall–Kier alpha value is -3.94. The molecule has 0 unspecified atom stereocenters. The summed E-state index contributed by atoms with van der Waals surface area (Å²) >= 11 is 0. The van der Waals surface area contributed by atoms with Crippen molar-refractivity contribution in [1.82, 2.24) is 5.32 Å². The molecule has 1 fully saturated rings. The quantitative estimate of drug-likeness (QED) is 0.409. The summed E-state index contributed by atoms with van der Waals surface area (Å²) in [5.74, 6) is 0.411. The maximum Gasteiger partial charge on any atom is 0.337 e. The normalized spacial score (nSPS) is 21.1. The zero-order valence-electron chi connectivity index (χ0n) is 23.5. The van der Waals surface area contributed by atoms with Gasteiger partial charge in [0, 0.05) is 29.3 Å². The smallest absolute Gasteiger partial charge is 0.337 e. The van der Waals surface area contributed by atoms with E-state index in [0.717, 1.165) is 36.9 Å². The van der Waals surface area contributed by atoms with Crippen LogP contribution < -0.4 is 19.5 Å². The maximum atomic E-state index is 14.0. The topological polar surface area (TPSA) is 103 Å². The Morgan fingerprint density at radius 2 is 1.68 bits per heavy atom. The van der Waals surface area contributed by atoms with Crippen molar-refractivity contribution < 1.29 is 33.6 Å². The van der Waals surface area contributed by atoms with Crippen LogP contribution in [0.5, 0.6) is 23.0 Å². The Labute approximate surface area is 235 Å². The highest BCUT2D eigenvalue weighted by Crippen LogP contribution is 2.47. The molecule has 2 aromatic carbocycles. The van der Waals surface area contributed by atoms with Gasteiger partial charge in [-0.2, -0.15) is 0 Å². The van der Waals surface area contributed by atoms with Crippen LogP contribution in [-0.2, 0) is 14.3 Å². The third-order valence-corrected chi connectivity index (χ3v) is 8.12. The van der Waals surface area contributed by atoms with Crippen LogP contribution in [0.2, 0.25) is 0 Å². The van der Waals surface area contributed by atoms with Crippen molar-refractivity contribution in [2.24, 2.45) is 0 Å². The van der Waals surface area contributed by atoms with Gasteiger partial charge >= 0.3 is 5.97 Å². The van der Waals surface area contributed by atoms with Gasteiger partial charge < -0.3 is 29.4 Å². The van der Waals surface area contributed by atoms with E-state index in [4.69, 9.17) is 18.9 Å². The molecule has 1 heterocycles. The predicted octanol–water partition coefficient (Wildman–Crippen LogP) is 5.66. The van der Waals surface area contributed by atoms with Gasteiger partial charge in [0.05, 0.1) is 26.4 Å². The second-order valence-corrected chi connectivity index (χ2v) is 10.6. The van der Waals surface area contributed by atoms with Crippen LogP contribution in [-0.4, -0.2) is 43.8 Å². The Morgan fingerprint density at radius 1 is 0.975 bits per heavy atom. The molecule has 1 aliphatic heterocycles. The van der Waals surface area contributed by atoms with Gasteiger partial charge in [0.15, 0.2) is 28.8 Å². The molecule has 0 aromatic heterocycles. The Morgan fingerprint density at radius 3 is 2.38 bits per heavy atom. The minimum atomic E-state index is -0.635. The van der Waals surface area contributed by atoms with E-state index in [0.29, 0.717) is 52.7 Å². The third-order valence-electron chi connectivity index (χ3n) is 8.12. The number of methoxy groups -OCH3 is 2. The fourth-order valence-corrected chi connectivity index (χ4v) is 6.19. The summed E-state index contributed by atoms with van der Waals surface area (Å²) in [7, 11) is 3.19. The van der Waals surface area contributed by atoms with E-state index in [1.54, 1.807) is 32.4 Å². The number of ether oxygens (including phenoxy) is 4. The number of carbonyl (C=O) groups excluding carboxylic acids is 2. The molecular formula is C32H37NO7. The molecule has 8 heteroatoms. The van der Waals surface area contributed by atoms with Gasteiger partial charge in [-0.1, -0.05) is 12.1 Å². The summed E-state index contributed by atoms with van der Waals surface area (Å²) in [5, 5.41) is 13.8. The lowest BCUT2D eigenvalue weighted by Crippen LogP contribution is -2.36. The van der Waals surface area contributed by atoms with E-state index in [2.05, 4.69) is 5.32 Å². The molecule has 40 heavy (non-hydrogen) atoms. The molecule has 0 amide bonds. The summed E-state index contributed by atoms with van der Waals surface area (Å²) in [4.78, 5) is 27.6. The second kappa shape index (κ2) is 11.7. The third kappa shape index (κ3) is 5.27. The van der Waals surface area contributed by atoms with Crippen LogP contribution in [0.4, 0.5) is 0 Å². The molecule has 8 nitrogen and oxygen atoms in total. The number of phenolic OH excluding ortho intramolecular Hbond substituents is 1. The van der Waals surface area contributed by atoms with Gasteiger partial charge in [0.25, 0.3) is 0 Å². The van der Waals surface area contributed by atoms with E-state index >= 15 is 0 Å². The number of nitrogens with one attached hydrogen (secondary N) is 1. The minimum Gasteiger partial charge on any atom is -0.504 e. The van der Waals surface area contributed by atoms with Crippen LogP contribution in [0, 0.1) is 0 Å². The lowest BCUT2D eigenvalue weighted by Gasteiger charge is -2.37. The van der Waals surface area contributed by atoms with Gasteiger partial charge in [0.2, 0.25) is 0 Å². The maximum absolute atomic E-state index is 14.0. The first kappa shape index (κ1) is 27.6. The highest BCUT2D eigenvalue weighted by atomic mass is 16.5. The highest BCUT2D eigenvalue weighted by molar-refractivity contribution is 6.04. The molecule has 0 radical (unpaired) electrons. The first-order chi connectivity index (χ1) is 19.3. The fraction of sp³-hybridized carbons (Fsp3) is 0.438. The van der Waals surface area contributed by atoms with E-state index in [1.807, 2.05) is 32.0 Å². The van der Waals surface area contributed by atoms with Gasteiger partial charge in [0.1, 0.15) is 6.10 Å². The number of ketones is 1. The van der Waals surface area contributed by atoms with E-state index in [-0.39, 0.29) is 30.0 Å². The average Bonchev–Trinajstić information content (AvgIpc) is 3.46. The fourth-order valence-electron chi connectivity index (χ4n) is 6.19. The number of carbonyl (C=O) groups is 2. The zero-order valence-corrected chi connectivity index (χ0v) is 23.5. The molecule has 5 rings (SSSR count). The van der Waals surface area contributed by atoms with E-state index < -0.39 is 11.9 Å². The van der Waals surface area contributed by atoms with Crippen molar-refractivity contribution >= 4 is 11.8 Å². The van der Waals surface area contributed by atoms with Gasteiger partial charge in [-0.3, -0.25) is 4.79 Å². The average molecular weight is 548 g/mol. The highest BCUT2D eigenvalue weighted by Gasteiger charge is 2.42. The molecule has 0 saturated heterocycles. The number of Topliss-reactive ketones (excluding diaryl/α,β-unsaturated/α-hetero) is 1. The van der Waals surface area contributed by atoms with Crippen LogP contribution in [0.1, 0.15) is 75.3 Å². The largest absolute Gasteiger partial charge is 0.504 e. The lowest BCUT2D eigenvalue weighted by atomic mass is 9.71. The minimum absolute atomic E-state index is 0.00742. The molecule has 212 valence electrons. The van der Waals surface area contributed by atoms with Crippen molar-refractivity contribution in [1.29, 1.82) is 0 Å². The standard InChI is InChI=1S/C32H37NO7/c1-5-39-27-17-20(10-12-24(27)34)30-29(32(36)40-22-8-6-7-9-22)18(2)33-23-14-21(15-25(35)31(23)30)19-11-13-26(37-3)28(16-19)38-4/h10-13,16-17,21-22,30,33-34H,5-9,14-15H2,1-4H3/t21-,30-/m1/s1. The van der Waals surface area contributed by atoms with Crippen LogP contribution in [0.25, 0.3) is 0 Å². The van der Waals surface area contributed by atoms with Crippen molar-refractivity contribution in [3.63, 3.8) is 0 Å². The molecule has 0 bridgehead atoms. The Bertz CT molecular complexity index is 1370. The molecular weight excluding hydrogens is 510 g/mol. The van der Waals surface area contributed by atoms with E-state index in [1.165, 1.54) is 0 Å². The number of benzene rings is 2. The summed E-state index contributed by atoms with van der Waals surface area (Å²) < 4.78 is 22.5. The number of dihydropyridines is 1. The first-order valence-electron chi connectivity index (χ1n) is 14.0. The summed E-state index contributed by atoms with van der Waals surface area (Å²) in [6, 6.07) is 10.8. The van der Waals surface area contributed by atoms with Gasteiger partial charge in [-0.25, -0.2) is 4.79 Å². The molecule has 1 saturated carbocycles. The van der Waals surface area contributed by atoms with E-state index in [9.17, 15) is 14.7 Å². The SMILES string of the molecule is CCOc1cc([C@@H]2C(C(=O)OC3CCCC3)=C(C)NC3=C2C(=O)C[C@H](c2ccc(OC)c(OC)c2)C3)ccc1O. The first-order valence-corrected chi connectivity index (χ1v) is 14.0. The monoisotopic (exact) mass is 547 g/mol. The number of esters is 1. The number of hydrogen-bond acceptors (Lipinski definition) is 8. The summed E-state index contributed by atoms with van der Waals surface area (Å²) in [5.41, 5.74) is 4.13.